The average Bonchev–Trinajstić information content (AvgIpc) is 2.53. The van der Waals surface area contributed by atoms with Crippen LogP contribution < -0.4 is 5.32 Å². The molecule has 0 heterocycles. The Morgan fingerprint density at radius 1 is 1.14 bits per heavy atom. The smallest absolute Gasteiger partial charge is 0.134 e. The second kappa shape index (κ2) is 7.49. The van der Waals surface area contributed by atoms with Crippen LogP contribution >= 0.6 is 52.1 Å². The lowest BCUT2D eigenvalue weighted by Crippen LogP contribution is -2.46. The molecule has 1 N–H and O–H groups in total. The van der Waals surface area contributed by atoms with Gasteiger partial charge in [-0.05, 0) is 29.5 Å². The Morgan fingerprint density at radius 2 is 1.81 bits per heavy atom. The minimum atomic E-state index is -0.611. The van der Waals surface area contributed by atoms with Crippen LogP contribution in [-0.2, 0) is 5.54 Å². The number of thiocarbonyl (C=S) groups is 2. The van der Waals surface area contributed by atoms with Gasteiger partial charge in [0.1, 0.15) is 9.86 Å². The molecule has 0 saturated heterocycles. The van der Waals surface area contributed by atoms with E-state index in [0.29, 0.717) is 4.32 Å². The van der Waals surface area contributed by atoms with E-state index in [4.69, 9.17) is 24.4 Å². The molecule has 21 heavy (non-hydrogen) atoms. The summed E-state index contributed by atoms with van der Waals surface area (Å²) < 4.78 is 1.72. The van der Waals surface area contributed by atoms with Gasteiger partial charge in [0.2, 0.25) is 0 Å². The summed E-state index contributed by atoms with van der Waals surface area (Å²) in [7, 11) is 0. The van der Waals surface area contributed by atoms with Crippen molar-refractivity contribution >= 4 is 61.8 Å². The first-order valence-electron chi connectivity index (χ1n) is 6.26. The first-order chi connectivity index (χ1) is 10.1. The molecule has 0 aliphatic heterocycles. The van der Waals surface area contributed by atoms with Gasteiger partial charge in [-0.15, -0.1) is 11.8 Å². The summed E-state index contributed by atoms with van der Waals surface area (Å²) in [6, 6.07) is 18.2. The first kappa shape index (κ1) is 16.6. The number of halogens is 1. The topological polar surface area (TPSA) is 12.0 Å². The molecule has 0 aromatic heterocycles. The number of rotatable bonds is 4. The quantitative estimate of drug-likeness (QED) is 0.735. The Morgan fingerprint density at radius 3 is 2.38 bits per heavy atom. The van der Waals surface area contributed by atoms with E-state index < -0.39 is 5.54 Å². The molecule has 0 radical (unpaired) electrons. The second-order valence-corrected chi connectivity index (χ2v) is 7.05. The molecule has 0 fully saturated rings. The predicted molar refractivity (Wildman–Crippen MR) is 104 cm³/mol. The SMILES string of the molecule is CSC(=S)NC(C=S)(c1ccccc1)c1cccc(Br)c1. The molecule has 5 heteroatoms. The van der Waals surface area contributed by atoms with E-state index in [-0.39, 0.29) is 0 Å². The lowest BCUT2D eigenvalue weighted by atomic mass is 9.85. The maximum absolute atomic E-state index is 5.39. The van der Waals surface area contributed by atoms with E-state index >= 15 is 0 Å². The van der Waals surface area contributed by atoms with Crippen molar-refractivity contribution in [3.63, 3.8) is 0 Å². The molecule has 1 nitrogen and oxygen atoms in total. The zero-order chi connectivity index (χ0) is 15.3. The molecular weight excluding hydrogens is 382 g/mol. The van der Waals surface area contributed by atoms with E-state index in [0.717, 1.165) is 15.6 Å². The van der Waals surface area contributed by atoms with E-state index in [2.05, 4.69) is 45.5 Å². The van der Waals surface area contributed by atoms with Crippen molar-refractivity contribution in [2.24, 2.45) is 0 Å². The van der Waals surface area contributed by atoms with Gasteiger partial charge in [-0.3, -0.25) is 0 Å². The summed E-state index contributed by atoms with van der Waals surface area (Å²) in [5.74, 6) is 0. The van der Waals surface area contributed by atoms with Gasteiger partial charge < -0.3 is 5.32 Å². The van der Waals surface area contributed by atoms with Crippen LogP contribution in [0.25, 0.3) is 0 Å². The fourth-order valence-electron chi connectivity index (χ4n) is 2.12. The highest BCUT2D eigenvalue weighted by molar-refractivity contribution is 9.10. The zero-order valence-corrected chi connectivity index (χ0v) is 15.4. The number of hydrogen-bond donors (Lipinski definition) is 1. The third-order valence-corrected chi connectivity index (χ3v) is 5.09. The van der Waals surface area contributed by atoms with Crippen molar-refractivity contribution in [1.82, 2.24) is 5.32 Å². The molecule has 0 bridgehead atoms. The Labute approximate surface area is 148 Å². The van der Waals surface area contributed by atoms with Gasteiger partial charge in [-0.25, -0.2) is 0 Å². The summed E-state index contributed by atoms with van der Waals surface area (Å²) in [6.07, 6.45) is 1.95. The van der Waals surface area contributed by atoms with E-state index in [1.807, 2.05) is 36.6 Å². The summed E-state index contributed by atoms with van der Waals surface area (Å²) in [5, 5.41) is 5.15. The molecule has 2 aromatic rings. The predicted octanol–water partition coefficient (Wildman–Crippen LogP) is 4.93. The van der Waals surface area contributed by atoms with Crippen LogP contribution in [0.4, 0.5) is 0 Å². The molecule has 0 aliphatic carbocycles. The second-order valence-electron chi connectivity index (χ2n) is 4.42. The van der Waals surface area contributed by atoms with Crippen LogP contribution in [-0.4, -0.2) is 15.9 Å². The summed E-state index contributed by atoms with van der Waals surface area (Å²) in [5.41, 5.74) is 1.50. The van der Waals surface area contributed by atoms with Crippen molar-refractivity contribution in [3.8, 4) is 0 Å². The Kier molecular flexibility index (Phi) is 5.93. The van der Waals surface area contributed by atoms with Crippen LogP contribution in [0.1, 0.15) is 11.1 Å². The number of nitrogens with one attached hydrogen (secondary N) is 1. The van der Waals surface area contributed by atoms with Crippen molar-refractivity contribution in [2.45, 2.75) is 5.54 Å². The van der Waals surface area contributed by atoms with Crippen molar-refractivity contribution in [2.75, 3.05) is 6.26 Å². The van der Waals surface area contributed by atoms with E-state index in [9.17, 15) is 0 Å². The lowest BCUT2D eigenvalue weighted by Gasteiger charge is -2.33. The van der Waals surface area contributed by atoms with Crippen LogP contribution in [0.15, 0.2) is 59.1 Å². The van der Waals surface area contributed by atoms with Gasteiger partial charge >= 0.3 is 0 Å². The molecule has 0 amide bonds. The molecule has 108 valence electrons. The highest BCUT2D eigenvalue weighted by atomic mass is 79.9. The van der Waals surface area contributed by atoms with E-state index in [1.54, 1.807) is 5.37 Å². The lowest BCUT2D eigenvalue weighted by molar-refractivity contribution is 0.670. The first-order valence-corrected chi connectivity index (χ1v) is 9.16. The Balaban J connectivity index is 2.62. The standard InChI is InChI=1S/C16H14BrNS3/c1-21-15(20)18-16(11-19,12-6-3-2-4-7-12)13-8-5-9-14(17)10-13/h2-11H,1H3,(H,18,20). The highest BCUT2D eigenvalue weighted by Crippen LogP contribution is 2.30. The van der Waals surface area contributed by atoms with Crippen LogP contribution in [0, 0.1) is 0 Å². The van der Waals surface area contributed by atoms with Crippen molar-refractivity contribution in [1.29, 1.82) is 0 Å². The third kappa shape index (κ3) is 3.72. The fraction of sp³-hybridized carbons (Fsp3) is 0.125. The van der Waals surface area contributed by atoms with Gasteiger partial charge in [0.05, 0.1) is 0 Å². The van der Waals surface area contributed by atoms with Gasteiger partial charge in [0.15, 0.2) is 0 Å². The minimum Gasteiger partial charge on any atom is -0.353 e. The highest BCUT2D eigenvalue weighted by Gasteiger charge is 2.32. The number of thioether (sulfide) groups is 1. The van der Waals surface area contributed by atoms with E-state index in [1.165, 1.54) is 11.8 Å². The van der Waals surface area contributed by atoms with Crippen molar-refractivity contribution < 1.29 is 0 Å². The molecule has 0 spiro atoms. The van der Waals surface area contributed by atoms with Crippen molar-refractivity contribution in [3.05, 3.63) is 70.2 Å². The monoisotopic (exact) mass is 395 g/mol. The maximum atomic E-state index is 5.39. The molecular formula is C16H14BrNS3. The Bertz CT molecular complexity index is 645. The molecule has 0 saturated carbocycles. The van der Waals surface area contributed by atoms with Gasteiger partial charge in [0, 0.05) is 9.84 Å². The molecule has 0 aliphatic rings. The van der Waals surface area contributed by atoms with Crippen LogP contribution in [0.3, 0.4) is 0 Å². The summed E-state index contributed by atoms with van der Waals surface area (Å²) in [6.45, 7) is 0. The van der Waals surface area contributed by atoms with Crippen LogP contribution in [0.5, 0.6) is 0 Å². The minimum absolute atomic E-state index is 0.611. The molecule has 2 aromatic carbocycles. The number of benzene rings is 2. The Hall–Kier alpha value is -0.750. The molecule has 1 atom stereocenters. The summed E-state index contributed by atoms with van der Waals surface area (Å²) in [4.78, 5) is 0. The van der Waals surface area contributed by atoms with Crippen LogP contribution in [0.2, 0.25) is 0 Å². The maximum Gasteiger partial charge on any atom is 0.134 e. The van der Waals surface area contributed by atoms with Gasteiger partial charge in [-0.1, -0.05) is 82.8 Å². The zero-order valence-electron chi connectivity index (χ0n) is 11.4. The van der Waals surface area contributed by atoms with Gasteiger partial charge in [0.25, 0.3) is 0 Å². The third-order valence-electron chi connectivity index (χ3n) is 3.17. The fourth-order valence-corrected chi connectivity index (χ4v) is 3.28. The molecule has 2 rings (SSSR count). The van der Waals surface area contributed by atoms with Gasteiger partial charge in [-0.2, -0.15) is 0 Å². The largest absolute Gasteiger partial charge is 0.353 e. The normalized spacial score (nSPS) is 13.2. The molecule has 1 unspecified atom stereocenters. The average molecular weight is 396 g/mol. The summed E-state index contributed by atoms with van der Waals surface area (Å²) >= 11 is 15.8. The number of hydrogen-bond acceptors (Lipinski definition) is 3.